The number of aromatic nitrogens is 2. The number of nitrogens with zero attached hydrogens (tertiary/aromatic N) is 4. The Morgan fingerprint density at radius 1 is 0.829 bits per heavy atom. The van der Waals surface area contributed by atoms with Crippen LogP contribution in [0, 0.1) is 18.6 Å². The van der Waals surface area contributed by atoms with Gasteiger partial charge in [-0.2, -0.15) is 0 Å². The number of hydrogen-bond donors (Lipinski definition) is 1. The Bertz CT molecular complexity index is 1640. The summed E-state index contributed by atoms with van der Waals surface area (Å²) in [6.07, 6.45) is 0. The minimum absolute atomic E-state index is 0.104. The molecule has 2 N–H and O–H groups in total. The first-order valence-corrected chi connectivity index (χ1v) is 13.4. The maximum absolute atomic E-state index is 14.6. The minimum Gasteiger partial charge on any atom is -0.362 e. The summed E-state index contributed by atoms with van der Waals surface area (Å²) in [4.78, 5) is 44.1. The average molecular weight is 560 g/mol. The molecule has 0 radical (unpaired) electrons. The Kier molecular flexibility index (Phi) is 8.11. The normalized spacial score (nSPS) is 14.2. The Morgan fingerprint density at radius 2 is 1.41 bits per heavy atom. The van der Waals surface area contributed by atoms with Crippen molar-refractivity contribution in [2.75, 3.05) is 31.1 Å². The third-order valence-corrected chi connectivity index (χ3v) is 7.55. The third kappa shape index (κ3) is 5.69. The molecule has 1 aromatic heterocycles. The maximum Gasteiger partial charge on any atom is 0.331 e. The second-order valence-corrected chi connectivity index (χ2v) is 10.1. The standard InChI is InChI=1S/C31H31F2N5O3/c1-21-28(35-15-17-36(18-16-35)29(39)23-11-6-3-7-12-23)30(40)38(20-27(34)22-9-4-2-5-10-22)31(41)37(21)19-24-25(32)13-8-14-26(24)33/h2-14,27H,15-20,34H2,1H3/t27-/m1/s1. The molecule has 1 aliphatic rings. The summed E-state index contributed by atoms with van der Waals surface area (Å²) in [6.45, 7) is 2.47. The van der Waals surface area contributed by atoms with Crippen LogP contribution in [-0.4, -0.2) is 46.1 Å². The third-order valence-electron chi connectivity index (χ3n) is 7.55. The summed E-state index contributed by atoms with van der Waals surface area (Å²) >= 11 is 0. The van der Waals surface area contributed by atoms with Crippen molar-refractivity contribution in [3.05, 3.63) is 134 Å². The van der Waals surface area contributed by atoms with Crippen LogP contribution in [0.4, 0.5) is 14.5 Å². The Labute approximate surface area is 235 Å². The predicted molar refractivity (Wildman–Crippen MR) is 153 cm³/mol. The second kappa shape index (κ2) is 11.9. The average Bonchev–Trinajstić information content (AvgIpc) is 2.99. The summed E-state index contributed by atoms with van der Waals surface area (Å²) < 4.78 is 31.5. The molecule has 1 aliphatic heterocycles. The van der Waals surface area contributed by atoms with Crippen LogP contribution >= 0.6 is 0 Å². The highest BCUT2D eigenvalue weighted by Gasteiger charge is 2.28. The second-order valence-electron chi connectivity index (χ2n) is 10.1. The van der Waals surface area contributed by atoms with Crippen molar-refractivity contribution >= 4 is 11.6 Å². The number of amides is 1. The van der Waals surface area contributed by atoms with Gasteiger partial charge in [-0.25, -0.2) is 13.6 Å². The number of nitrogens with two attached hydrogens (primary N) is 1. The van der Waals surface area contributed by atoms with E-state index in [-0.39, 0.29) is 29.4 Å². The maximum atomic E-state index is 14.6. The van der Waals surface area contributed by atoms with E-state index in [0.717, 1.165) is 22.3 Å². The fraction of sp³-hybridized carbons (Fsp3) is 0.258. The van der Waals surface area contributed by atoms with E-state index < -0.39 is 35.5 Å². The van der Waals surface area contributed by atoms with E-state index in [1.165, 1.54) is 10.6 Å². The molecule has 41 heavy (non-hydrogen) atoms. The summed E-state index contributed by atoms with van der Waals surface area (Å²) in [7, 11) is 0. The summed E-state index contributed by atoms with van der Waals surface area (Å²) in [6, 6.07) is 20.9. The molecule has 10 heteroatoms. The molecule has 5 rings (SSSR count). The van der Waals surface area contributed by atoms with E-state index in [2.05, 4.69) is 0 Å². The number of benzene rings is 3. The van der Waals surface area contributed by atoms with Crippen LogP contribution in [-0.2, 0) is 13.1 Å². The Morgan fingerprint density at radius 3 is 2.02 bits per heavy atom. The lowest BCUT2D eigenvalue weighted by molar-refractivity contribution is 0.0746. The SMILES string of the molecule is Cc1c(N2CCN(C(=O)c3ccccc3)CC2)c(=O)n(C[C@@H](N)c2ccccc2)c(=O)n1Cc1c(F)cccc1F. The van der Waals surface area contributed by atoms with Gasteiger partial charge in [0.2, 0.25) is 0 Å². The van der Waals surface area contributed by atoms with Crippen LogP contribution in [0.5, 0.6) is 0 Å². The lowest BCUT2D eigenvalue weighted by Gasteiger charge is -2.37. The lowest BCUT2D eigenvalue weighted by atomic mass is 10.1. The van der Waals surface area contributed by atoms with E-state index >= 15 is 0 Å². The van der Waals surface area contributed by atoms with Gasteiger partial charge in [-0.1, -0.05) is 54.6 Å². The molecular weight excluding hydrogens is 528 g/mol. The number of piperazine rings is 1. The molecule has 0 unspecified atom stereocenters. The van der Waals surface area contributed by atoms with Crippen LogP contribution < -0.4 is 21.9 Å². The molecule has 1 atom stereocenters. The molecule has 0 saturated carbocycles. The Balaban J connectivity index is 1.52. The number of halogens is 2. The smallest absolute Gasteiger partial charge is 0.331 e. The monoisotopic (exact) mass is 559 g/mol. The highest BCUT2D eigenvalue weighted by Crippen LogP contribution is 2.21. The molecule has 0 bridgehead atoms. The van der Waals surface area contributed by atoms with Gasteiger partial charge in [-0.05, 0) is 36.8 Å². The van der Waals surface area contributed by atoms with Gasteiger partial charge in [-0.15, -0.1) is 0 Å². The van der Waals surface area contributed by atoms with E-state index in [0.29, 0.717) is 31.7 Å². The first kappa shape index (κ1) is 28.0. The van der Waals surface area contributed by atoms with E-state index in [1.54, 1.807) is 48.2 Å². The number of rotatable bonds is 7. The molecule has 0 spiro atoms. The van der Waals surface area contributed by atoms with Crippen LogP contribution in [0.1, 0.15) is 33.2 Å². The summed E-state index contributed by atoms with van der Waals surface area (Å²) in [5, 5.41) is 0. The van der Waals surface area contributed by atoms with Crippen molar-refractivity contribution in [1.82, 2.24) is 14.0 Å². The van der Waals surface area contributed by atoms with Crippen molar-refractivity contribution in [2.24, 2.45) is 5.73 Å². The van der Waals surface area contributed by atoms with Crippen molar-refractivity contribution < 1.29 is 13.6 Å². The van der Waals surface area contributed by atoms with Gasteiger partial charge >= 0.3 is 5.69 Å². The molecule has 4 aromatic rings. The van der Waals surface area contributed by atoms with Crippen molar-refractivity contribution in [2.45, 2.75) is 26.1 Å². The quantitative estimate of drug-likeness (QED) is 0.375. The number of carbonyl (C=O) groups is 1. The van der Waals surface area contributed by atoms with Gasteiger partial charge < -0.3 is 15.5 Å². The van der Waals surface area contributed by atoms with Crippen molar-refractivity contribution in [3.63, 3.8) is 0 Å². The molecule has 8 nitrogen and oxygen atoms in total. The zero-order valence-corrected chi connectivity index (χ0v) is 22.7. The van der Waals surface area contributed by atoms with E-state index in [9.17, 15) is 23.2 Å². The molecule has 1 fully saturated rings. The zero-order chi connectivity index (χ0) is 29.1. The van der Waals surface area contributed by atoms with Gasteiger partial charge in [-0.3, -0.25) is 18.7 Å². The Hall–Kier alpha value is -4.57. The van der Waals surface area contributed by atoms with Gasteiger partial charge in [0.25, 0.3) is 11.5 Å². The zero-order valence-electron chi connectivity index (χ0n) is 22.7. The lowest BCUT2D eigenvalue weighted by Crippen LogP contribution is -2.52. The molecule has 212 valence electrons. The summed E-state index contributed by atoms with van der Waals surface area (Å²) in [5.74, 6) is -1.68. The van der Waals surface area contributed by atoms with E-state index in [1.807, 2.05) is 29.2 Å². The van der Waals surface area contributed by atoms with Gasteiger partial charge in [0, 0.05) is 49.0 Å². The van der Waals surface area contributed by atoms with Crippen LogP contribution in [0.25, 0.3) is 0 Å². The van der Waals surface area contributed by atoms with Gasteiger partial charge in [0.05, 0.1) is 13.1 Å². The topological polar surface area (TPSA) is 93.6 Å². The first-order valence-electron chi connectivity index (χ1n) is 13.4. The summed E-state index contributed by atoms with van der Waals surface area (Å²) in [5.41, 5.74) is 6.73. The van der Waals surface area contributed by atoms with Crippen LogP contribution in [0.3, 0.4) is 0 Å². The van der Waals surface area contributed by atoms with Gasteiger partial charge in [0.1, 0.15) is 17.3 Å². The largest absolute Gasteiger partial charge is 0.362 e. The molecule has 1 amide bonds. The van der Waals surface area contributed by atoms with Gasteiger partial charge in [0.15, 0.2) is 0 Å². The van der Waals surface area contributed by atoms with Crippen molar-refractivity contribution in [1.29, 1.82) is 0 Å². The molecule has 1 saturated heterocycles. The fourth-order valence-corrected chi connectivity index (χ4v) is 5.24. The predicted octanol–water partition coefficient (Wildman–Crippen LogP) is 3.31. The molecule has 0 aliphatic carbocycles. The van der Waals surface area contributed by atoms with Crippen molar-refractivity contribution in [3.8, 4) is 0 Å². The molecule has 3 aromatic carbocycles. The highest BCUT2D eigenvalue weighted by molar-refractivity contribution is 5.94. The number of anilines is 1. The number of hydrogen-bond acceptors (Lipinski definition) is 5. The minimum atomic E-state index is -0.787. The highest BCUT2D eigenvalue weighted by atomic mass is 19.1. The van der Waals surface area contributed by atoms with E-state index in [4.69, 9.17) is 5.73 Å². The molecular formula is C31H31F2N5O3. The van der Waals surface area contributed by atoms with Crippen LogP contribution in [0.2, 0.25) is 0 Å². The fourth-order valence-electron chi connectivity index (χ4n) is 5.24. The van der Waals surface area contributed by atoms with Crippen LogP contribution in [0.15, 0.2) is 88.5 Å². The number of carbonyl (C=O) groups excluding carboxylic acids is 1. The first-order chi connectivity index (χ1) is 19.8. The molecule has 2 heterocycles.